The molecule has 0 saturated carbocycles. The Hall–Kier alpha value is -0.630. The third-order valence-electron chi connectivity index (χ3n) is 1.37. The van der Waals surface area contributed by atoms with Gasteiger partial charge in [0.25, 0.3) is 6.43 Å². The van der Waals surface area contributed by atoms with Gasteiger partial charge in [-0.1, -0.05) is 0 Å². The molecule has 76 valence electrons. The van der Waals surface area contributed by atoms with E-state index in [4.69, 9.17) is 0 Å². The van der Waals surface area contributed by atoms with E-state index < -0.39 is 22.7 Å². The van der Waals surface area contributed by atoms with Crippen molar-refractivity contribution < 1.29 is 13.7 Å². The van der Waals surface area contributed by atoms with Crippen LogP contribution in [0.2, 0.25) is 0 Å². The van der Waals surface area contributed by atoms with E-state index in [1.165, 1.54) is 0 Å². The molecule has 1 rings (SSSR count). The van der Waals surface area contributed by atoms with E-state index >= 15 is 0 Å². The number of hydrogen-bond acceptors (Lipinski definition) is 3. The third kappa shape index (κ3) is 2.06. The second-order valence-electron chi connectivity index (χ2n) is 2.21. The lowest BCUT2D eigenvalue weighted by Crippen LogP contribution is -2.00. The molecule has 0 saturated heterocycles. The standard InChI is InChI=1S/C6H2Br2F2N2O2/c7-2-1-11-4(6(9)10)5(3(2)8)12(13)14/h1,6H. The average Bonchev–Trinajstić information content (AvgIpc) is 2.08. The molecule has 0 fully saturated rings. The first-order valence-corrected chi connectivity index (χ1v) is 4.80. The van der Waals surface area contributed by atoms with Crippen LogP contribution in [0.15, 0.2) is 15.1 Å². The summed E-state index contributed by atoms with van der Waals surface area (Å²) < 4.78 is 24.8. The Bertz CT molecular complexity index is 386. The van der Waals surface area contributed by atoms with Gasteiger partial charge in [0, 0.05) is 6.20 Å². The van der Waals surface area contributed by atoms with Gasteiger partial charge >= 0.3 is 5.69 Å². The van der Waals surface area contributed by atoms with Gasteiger partial charge in [-0.05, 0) is 31.9 Å². The number of rotatable bonds is 2. The highest BCUT2D eigenvalue weighted by atomic mass is 79.9. The van der Waals surface area contributed by atoms with Crippen LogP contribution in [-0.4, -0.2) is 9.91 Å². The van der Waals surface area contributed by atoms with Crippen LogP contribution >= 0.6 is 31.9 Å². The SMILES string of the molecule is O=[N+]([O-])c1c(C(F)F)ncc(Br)c1Br. The summed E-state index contributed by atoms with van der Waals surface area (Å²) in [6.45, 7) is 0. The highest BCUT2D eigenvalue weighted by Gasteiger charge is 2.27. The average molecular weight is 332 g/mol. The Balaban J connectivity index is 3.45. The predicted molar refractivity (Wildman–Crippen MR) is 51.2 cm³/mol. The molecule has 0 spiro atoms. The fourth-order valence-corrected chi connectivity index (χ4v) is 1.54. The molecule has 0 N–H and O–H groups in total. The van der Waals surface area contributed by atoms with Gasteiger partial charge in [-0.2, -0.15) is 0 Å². The molecule has 0 aliphatic rings. The maximum atomic E-state index is 12.3. The number of nitrogens with zero attached hydrogens (tertiary/aromatic N) is 2. The van der Waals surface area contributed by atoms with Gasteiger partial charge in [-0.25, -0.2) is 13.8 Å². The molecule has 0 aromatic carbocycles. The molecule has 8 heteroatoms. The number of hydrogen-bond donors (Lipinski definition) is 0. The summed E-state index contributed by atoms with van der Waals surface area (Å²) in [5.74, 6) is 0. The number of halogens is 4. The van der Waals surface area contributed by atoms with Crippen molar-refractivity contribution >= 4 is 37.5 Å². The van der Waals surface area contributed by atoms with Gasteiger partial charge in [0.1, 0.15) is 4.47 Å². The number of aromatic nitrogens is 1. The molecule has 0 aliphatic heterocycles. The van der Waals surface area contributed by atoms with Crippen molar-refractivity contribution in [2.75, 3.05) is 0 Å². The summed E-state index contributed by atoms with van der Waals surface area (Å²) in [5, 5.41) is 10.5. The van der Waals surface area contributed by atoms with Gasteiger partial charge in [0.15, 0.2) is 5.69 Å². The summed E-state index contributed by atoms with van der Waals surface area (Å²) in [4.78, 5) is 12.9. The van der Waals surface area contributed by atoms with E-state index in [1.807, 2.05) is 0 Å². The summed E-state index contributed by atoms with van der Waals surface area (Å²) in [6.07, 6.45) is -1.89. The zero-order chi connectivity index (χ0) is 10.9. The predicted octanol–water partition coefficient (Wildman–Crippen LogP) is 3.45. The van der Waals surface area contributed by atoms with Gasteiger partial charge in [-0.3, -0.25) is 10.1 Å². The Morgan fingerprint density at radius 3 is 2.50 bits per heavy atom. The molecule has 0 radical (unpaired) electrons. The zero-order valence-electron chi connectivity index (χ0n) is 6.38. The highest BCUT2D eigenvalue weighted by molar-refractivity contribution is 9.13. The van der Waals surface area contributed by atoms with Crippen LogP contribution < -0.4 is 0 Å². The fraction of sp³-hybridized carbons (Fsp3) is 0.167. The van der Waals surface area contributed by atoms with Crippen molar-refractivity contribution in [3.8, 4) is 0 Å². The van der Waals surface area contributed by atoms with E-state index in [2.05, 4.69) is 36.8 Å². The van der Waals surface area contributed by atoms with Gasteiger partial charge in [0.05, 0.1) is 9.40 Å². The van der Waals surface area contributed by atoms with E-state index in [9.17, 15) is 18.9 Å². The first-order valence-electron chi connectivity index (χ1n) is 3.21. The number of pyridine rings is 1. The minimum absolute atomic E-state index is 0.0344. The molecule has 1 aromatic rings. The number of nitro groups is 1. The molecule has 0 aliphatic carbocycles. The fourth-order valence-electron chi connectivity index (χ4n) is 0.803. The van der Waals surface area contributed by atoms with Crippen LogP contribution in [0.1, 0.15) is 12.1 Å². The van der Waals surface area contributed by atoms with Crippen molar-refractivity contribution in [1.29, 1.82) is 0 Å². The van der Waals surface area contributed by atoms with Gasteiger partial charge in [-0.15, -0.1) is 0 Å². The summed E-state index contributed by atoms with van der Waals surface area (Å²) >= 11 is 5.78. The molecular weight excluding hydrogens is 330 g/mol. The lowest BCUT2D eigenvalue weighted by molar-refractivity contribution is -0.387. The Kier molecular flexibility index (Phi) is 3.48. The third-order valence-corrected chi connectivity index (χ3v) is 3.30. The topological polar surface area (TPSA) is 56.0 Å². The van der Waals surface area contributed by atoms with Crippen LogP contribution in [0, 0.1) is 10.1 Å². The first kappa shape index (κ1) is 11.4. The van der Waals surface area contributed by atoms with Crippen LogP contribution in [0.3, 0.4) is 0 Å². The van der Waals surface area contributed by atoms with Crippen LogP contribution in [0.5, 0.6) is 0 Å². The molecular formula is C6H2Br2F2N2O2. The Labute approximate surface area is 93.7 Å². The molecule has 0 bridgehead atoms. The van der Waals surface area contributed by atoms with Crippen LogP contribution in [0.4, 0.5) is 14.5 Å². The Morgan fingerprint density at radius 2 is 2.07 bits per heavy atom. The largest absolute Gasteiger partial charge is 0.311 e. The maximum absolute atomic E-state index is 12.3. The first-order chi connectivity index (χ1) is 6.45. The lowest BCUT2D eigenvalue weighted by Gasteiger charge is -2.03. The van der Waals surface area contributed by atoms with Crippen molar-refractivity contribution in [3.05, 3.63) is 31.0 Å². The smallest absolute Gasteiger partial charge is 0.258 e. The van der Waals surface area contributed by atoms with E-state index in [0.29, 0.717) is 0 Å². The van der Waals surface area contributed by atoms with Crippen LogP contribution in [0.25, 0.3) is 0 Å². The summed E-state index contributed by atoms with van der Waals surface area (Å²) in [5.41, 5.74) is -1.56. The monoisotopic (exact) mass is 330 g/mol. The van der Waals surface area contributed by atoms with Crippen molar-refractivity contribution in [2.24, 2.45) is 0 Å². The molecule has 4 nitrogen and oxygen atoms in total. The van der Waals surface area contributed by atoms with Crippen molar-refractivity contribution in [2.45, 2.75) is 6.43 Å². The van der Waals surface area contributed by atoms with Gasteiger partial charge < -0.3 is 0 Å². The maximum Gasteiger partial charge on any atom is 0.311 e. The normalized spacial score (nSPS) is 10.6. The highest BCUT2D eigenvalue weighted by Crippen LogP contribution is 2.37. The molecule has 1 heterocycles. The quantitative estimate of drug-likeness (QED) is 0.616. The second-order valence-corrected chi connectivity index (χ2v) is 3.86. The zero-order valence-corrected chi connectivity index (χ0v) is 9.55. The molecule has 0 unspecified atom stereocenters. The molecule has 0 amide bonds. The van der Waals surface area contributed by atoms with E-state index in [0.717, 1.165) is 6.20 Å². The lowest BCUT2D eigenvalue weighted by atomic mass is 10.3. The Morgan fingerprint density at radius 1 is 1.50 bits per heavy atom. The van der Waals surface area contributed by atoms with Gasteiger partial charge in [0.2, 0.25) is 0 Å². The summed E-state index contributed by atoms with van der Waals surface area (Å²) in [6, 6.07) is 0. The number of alkyl halides is 2. The molecule has 0 atom stereocenters. The minimum atomic E-state index is -2.97. The van der Waals surface area contributed by atoms with Crippen LogP contribution in [-0.2, 0) is 0 Å². The molecule has 14 heavy (non-hydrogen) atoms. The molecule has 1 aromatic heterocycles. The second kappa shape index (κ2) is 4.26. The summed E-state index contributed by atoms with van der Waals surface area (Å²) in [7, 11) is 0. The van der Waals surface area contributed by atoms with E-state index in [-0.39, 0.29) is 8.95 Å². The minimum Gasteiger partial charge on any atom is -0.258 e. The van der Waals surface area contributed by atoms with E-state index in [1.54, 1.807) is 0 Å². The van der Waals surface area contributed by atoms with Crippen molar-refractivity contribution in [1.82, 2.24) is 4.98 Å². The van der Waals surface area contributed by atoms with Crippen molar-refractivity contribution in [3.63, 3.8) is 0 Å².